The summed E-state index contributed by atoms with van der Waals surface area (Å²) in [5.41, 5.74) is 6.18. The average Bonchev–Trinajstić information content (AvgIpc) is 3.37. The molecular weight excluding hydrogens is 420 g/mol. The first-order chi connectivity index (χ1) is 14.6. The Kier molecular flexibility index (Phi) is 10.8. The van der Waals surface area contributed by atoms with Crippen LogP contribution in [0.15, 0.2) is 24.3 Å². The molecule has 1 saturated carbocycles. The molecule has 1 fully saturated rings. The maximum absolute atomic E-state index is 6.70. The normalized spacial score (nSPS) is 22.1. The van der Waals surface area contributed by atoms with Gasteiger partial charge in [-0.15, -0.1) is 11.5 Å². The van der Waals surface area contributed by atoms with Gasteiger partial charge >= 0.3 is 0 Å². The molecule has 0 bridgehead atoms. The fourth-order valence-electron chi connectivity index (χ4n) is 5.38. The smallest absolute Gasteiger partial charge is 0.184 e. The first-order valence-electron chi connectivity index (χ1n) is 13.1. The molecule has 1 aliphatic rings. The molecule has 4 atom stereocenters. The molecule has 0 aromatic heterocycles. The van der Waals surface area contributed by atoms with Crippen molar-refractivity contribution in [1.82, 2.24) is 0 Å². The van der Waals surface area contributed by atoms with Crippen LogP contribution >= 0.6 is 0 Å². The molecule has 0 unspecified atom stereocenters. The van der Waals surface area contributed by atoms with Crippen molar-refractivity contribution >= 4 is 16.4 Å². The van der Waals surface area contributed by atoms with Crippen LogP contribution < -0.4 is 0 Å². The molecule has 1 aliphatic carbocycles. The van der Waals surface area contributed by atoms with Crippen molar-refractivity contribution < 1.29 is 4.43 Å². The second-order valence-corrected chi connectivity index (χ2v) is 22.7. The zero-order chi connectivity index (χ0) is 24.9. The van der Waals surface area contributed by atoms with Crippen molar-refractivity contribution in [2.45, 2.75) is 124 Å². The van der Waals surface area contributed by atoms with Crippen molar-refractivity contribution in [3.05, 3.63) is 24.3 Å². The van der Waals surface area contributed by atoms with Gasteiger partial charge in [-0.2, -0.15) is 0 Å². The lowest BCUT2D eigenvalue weighted by Crippen LogP contribution is -2.43. The van der Waals surface area contributed by atoms with E-state index in [9.17, 15) is 0 Å². The number of rotatable bonds is 11. The van der Waals surface area contributed by atoms with E-state index in [4.69, 9.17) is 4.43 Å². The van der Waals surface area contributed by atoms with Gasteiger partial charge in [-0.3, -0.25) is 0 Å². The van der Waals surface area contributed by atoms with Crippen LogP contribution in [-0.4, -0.2) is 22.5 Å². The van der Waals surface area contributed by atoms with E-state index in [1.165, 1.54) is 6.42 Å². The molecular formula is C29H54OSi2. The molecule has 184 valence electrons. The van der Waals surface area contributed by atoms with Crippen molar-refractivity contribution in [3.63, 3.8) is 0 Å². The Bertz CT molecular complexity index is 675. The van der Waals surface area contributed by atoms with Crippen LogP contribution in [0.1, 0.15) is 82.1 Å². The van der Waals surface area contributed by atoms with Gasteiger partial charge in [0.2, 0.25) is 0 Å². The number of allylic oxidation sites excluding steroid dienone is 3. The summed E-state index contributed by atoms with van der Waals surface area (Å²) in [6.07, 6.45) is 11.8. The quantitative estimate of drug-likeness (QED) is 0.165. The molecule has 32 heavy (non-hydrogen) atoms. The molecule has 0 radical (unpaired) electrons. The Hall–Kier alpha value is -0.566. The van der Waals surface area contributed by atoms with Gasteiger partial charge in [0.05, 0.1) is 6.10 Å². The highest BCUT2D eigenvalue weighted by Gasteiger charge is 2.43. The lowest BCUT2D eigenvalue weighted by Gasteiger charge is -2.41. The number of hydrogen-bond donors (Lipinski definition) is 0. The van der Waals surface area contributed by atoms with Gasteiger partial charge in [0.25, 0.3) is 0 Å². The highest BCUT2D eigenvalue weighted by molar-refractivity contribution is 6.90. The highest BCUT2D eigenvalue weighted by atomic mass is 28.4. The molecule has 0 heterocycles. The zero-order valence-electron chi connectivity index (χ0n) is 23.7. The molecule has 0 N–H and O–H groups in total. The van der Waals surface area contributed by atoms with Crippen molar-refractivity contribution in [1.29, 1.82) is 0 Å². The van der Waals surface area contributed by atoms with E-state index < -0.39 is 16.4 Å². The van der Waals surface area contributed by atoms with Crippen LogP contribution in [-0.2, 0) is 4.43 Å². The minimum Gasteiger partial charge on any atom is -0.414 e. The third kappa shape index (κ3) is 7.74. The molecule has 0 spiro atoms. The van der Waals surface area contributed by atoms with Crippen LogP contribution in [0.25, 0.3) is 0 Å². The zero-order valence-corrected chi connectivity index (χ0v) is 25.7. The van der Waals surface area contributed by atoms with E-state index in [0.717, 1.165) is 6.42 Å². The van der Waals surface area contributed by atoms with Crippen LogP contribution in [0.5, 0.6) is 0 Å². The molecule has 3 heteroatoms. The molecule has 0 aromatic carbocycles. The summed E-state index contributed by atoms with van der Waals surface area (Å²) in [4.78, 5) is 0. The molecule has 0 aliphatic heterocycles. The predicted octanol–water partition coefficient (Wildman–Crippen LogP) is 9.25. The van der Waals surface area contributed by atoms with E-state index in [1.54, 1.807) is 0 Å². The lowest BCUT2D eigenvalue weighted by atomic mass is 9.74. The molecule has 0 aromatic rings. The van der Waals surface area contributed by atoms with Crippen LogP contribution in [0.3, 0.4) is 0 Å². The van der Waals surface area contributed by atoms with E-state index in [1.807, 2.05) is 0 Å². The summed E-state index contributed by atoms with van der Waals surface area (Å²) >= 11 is 0. The van der Waals surface area contributed by atoms with Gasteiger partial charge in [-0.25, -0.2) is 0 Å². The summed E-state index contributed by atoms with van der Waals surface area (Å²) in [7, 11) is -3.22. The van der Waals surface area contributed by atoms with E-state index in [0.29, 0.717) is 34.4 Å². The largest absolute Gasteiger partial charge is 0.414 e. The maximum atomic E-state index is 6.70. The third-order valence-corrected chi connectivity index (χ3v) is 15.2. The van der Waals surface area contributed by atoms with Gasteiger partial charge in [-0.1, -0.05) is 86.6 Å². The maximum Gasteiger partial charge on any atom is 0.184 e. The van der Waals surface area contributed by atoms with Crippen LogP contribution in [0.4, 0.5) is 0 Å². The highest BCUT2D eigenvalue weighted by Crippen LogP contribution is 2.44. The molecule has 0 saturated heterocycles. The fraction of sp³-hybridized carbons (Fsp3) is 0.793. The predicted molar refractivity (Wildman–Crippen MR) is 150 cm³/mol. The Morgan fingerprint density at radius 3 is 1.94 bits per heavy atom. The topological polar surface area (TPSA) is 9.23 Å². The second kappa shape index (κ2) is 11.7. The summed E-state index contributed by atoms with van der Waals surface area (Å²) in [6.45, 7) is 30.5. The Morgan fingerprint density at radius 1 is 0.969 bits per heavy atom. The first-order valence-corrected chi connectivity index (χ1v) is 18.7. The Morgan fingerprint density at radius 2 is 1.50 bits per heavy atom. The van der Waals surface area contributed by atoms with Gasteiger partial charge in [0, 0.05) is 5.92 Å². The summed E-state index contributed by atoms with van der Waals surface area (Å²) in [5.74, 6) is 5.46. The van der Waals surface area contributed by atoms with Gasteiger partial charge in [-0.05, 0) is 73.3 Å². The summed E-state index contributed by atoms with van der Waals surface area (Å²) < 4.78 is 6.70. The van der Waals surface area contributed by atoms with Gasteiger partial charge in [0.15, 0.2) is 8.32 Å². The minimum absolute atomic E-state index is 0.108. The second-order valence-electron chi connectivity index (χ2n) is 12.7. The summed E-state index contributed by atoms with van der Waals surface area (Å²) in [6, 6.07) is 0. The van der Waals surface area contributed by atoms with E-state index >= 15 is 0 Å². The van der Waals surface area contributed by atoms with Crippen LogP contribution in [0, 0.1) is 34.6 Å². The number of hydrogen-bond acceptors (Lipinski definition) is 1. The van der Waals surface area contributed by atoms with Crippen LogP contribution in [0.2, 0.25) is 36.3 Å². The standard InChI is InChI=1S/C29H54OSi2/c1-14-16-25(8)29(9,10)28(30-31(11,12)13)18-15-17-26-21-27(26)19-20-32(22(2)3,23(4)5)24(6)7/h14-17,22-28H,18,21H2,1-13H3/b16-14+,17-15-/t25-,26-,27+,28-/m0/s1. The third-order valence-electron chi connectivity index (χ3n) is 7.89. The SMILES string of the molecule is C/C=C/[C@H](C)C(C)(C)[C@H](C/C=C\[C@H]1C[C@H]1C#C[Si](C(C)C)(C(C)C)C(C)C)O[Si](C)(C)C. The fourth-order valence-corrected chi connectivity index (χ4v) is 11.9. The van der Waals surface area contributed by atoms with Crippen molar-refractivity contribution in [2.24, 2.45) is 23.2 Å². The van der Waals surface area contributed by atoms with E-state index in [2.05, 4.69) is 125 Å². The van der Waals surface area contributed by atoms with Gasteiger partial charge < -0.3 is 4.43 Å². The molecule has 0 amide bonds. The summed E-state index contributed by atoms with van der Waals surface area (Å²) in [5, 5.41) is 0. The molecule has 1 nitrogen and oxygen atoms in total. The Labute approximate surface area is 204 Å². The first kappa shape index (κ1) is 29.5. The minimum atomic E-state index is -1.62. The monoisotopic (exact) mass is 474 g/mol. The molecule has 1 rings (SSSR count). The van der Waals surface area contributed by atoms with Crippen molar-refractivity contribution in [2.75, 3.05) is 0 Å². The average molecular weight is 475 g/mol. The van der Waals surface area contributed by atoms with Gasteiger partial charge in [0.1, 0.15) is 8.07 Å². The van der Waals surface area contributed by atoms with E-state index in [-0.39, 0.29) is 11.5 Å². The Balaban J connectivity index is 2.91. The lowest BCUT2D eigenvalue weighted by molar-refractivity contribution is 0.0425. The van der Waals surface area contributed by atoms with Crippen molar-refractivity contribution in [3.8, 4) is 11.5 Å².